The molecule has 2 saturated heterocycles. The summed E-state index contributed by atoms with van der Waals surface area (Å²) in [6, 6.07) is 4.98. The van der Waals surface area contributed by atoms with Gasteiger partial charge >= 0.3 is 0 Å². The summed E-state index contributed by atoms with van der Waals surface area (Å²) in [7, 11) is 1.88. The van der Waals surface area contributed by atoms with E-state index in [2.05, 4.69) is 32.4 Å². The van der Waals surface area contributed by atoms with Gasteiger partial charge < -0.3 is 15.3 Å². The van der Waals surface area contributed by atoms with E-state index in [4.69, 9.17) is 0 Å². The number of nitrogens with zero attached hydrogens (tertiary/aromatic N) is 6. The van der Waals surface area contributed by atoms with Gasteiger partial charge in [0, 0.05) is 29.8 Å². The van der Waals surface area contributed by atoms with Crippen molar-refractivity contribution >= 4 is 5.82 Å². The first-order chi connectivity index (χ1) is 14.8. The lowest BCUT2D eigenvalue weighted by Gasteiger charge is -2.47. The van der Waals surface area contributed by atoms with Gasteiger partial charge in [-0.3, -0.25) is 9.55 Å². The molecule has 0 saturated carbocycles. The molecule has 31 heavy (non-hydrogen) atoms. The van der Waals surface area contributed by atoms with Gasteiger partial charge in [-0.25, -0.2) is 9.37 Å². The van der Waals surface area contributed by atoms with Crippen molar-refractivity contribution < 1.29 is 9.50 Å². The summed E-state index contributed by atoms with van der Waals surface area (Å²) in [6.45, 7) is 4.15. The lowest BCUT2D eigenvalue weighted by Crippen LogP contribution is -2.65. The molecule has 2 bridgehead atoms. The Kier molecular flexibility index (Phi) is 4.47. The summed E-state index contributed by atoms with van der Waals surface area (Å²) < 4.78 is 17.1. The molecule has 4 heterocycles. The number of hydrogen-bond donors (Lipinski definition) is 2. The van der Waals surface area contributed by atoms with Crippen molar-refractivity contribution in [1.29, 1.82) is 0 Å². The molecule has 2 aliphatic rings. The van der Waals surface area contributed by atoms with Gasteiger partial charge in [0.05, 0.1) is 29.8 Å². The van der Waals surface area contributed by atoms with Crippen LogP contribution in [-0.2, 0) is 0 Å². The molecule has 0 radical (unpaired) electrons. The number of rotatable bonds is 4. The molecule has 2 aromatic heterocycles. The topological polar surface area (TPSA) is 92.0 Å². The van der Waals surface area contributed by atoms with Crippen LogP contribution in [0, 0.1) is 0 Å². The molecule has 162 valence electrons. The zero-order chi connectivity index (χ0) is 21.8. The van der Waals surface area contributed by atoms with Crippen LogP contribution in [0.1, 0.15) is 33.1 Å². The number of fused-ring (bicyclic) bond motifs is 2. The van der Waals surface area contributed by atoms with E-state index >= 15 is 4.39 Å². The minimum absolute atomic E-state index is 0.0536. The smallest absolute Gasteiger partial charge is 0.147 e. The summed E-state index contributed by atoms with van der Waals surface area (Å²) in [5.41, 5.74) is 1.31. The molecule has 0 aliphatic carbocycles. The molecule has 5 rings (SSSR count). The fourth-order valence-corrected chi connectivity index (χ4v) is 5.08. The fraction of sp³-hybridized carbons (Fsp3) is 0.455. The SMILES string of the molecule is CN(c1cnc(-c2ccc(-n3cnnc3)cc2O)cn1)[C@H]1C[C@]2(C)CC[C@@](C)(N2)[C@H]1F. The van der Waals surface area contributed by atoms with E-state index in [1.165, 1.54) is 0 Å². The van der Waals surface area contributed by atoms with Crippen LogP contribution in [0.4, 0.5) is 10.2 Å². The van der Waals surface area contributed by atoms with Crippen LogP contribution in [0.5, 0.6) is 5.75 Å². The minimum atomic E-state index is -0.996. The third-order valence-electron chi connectivity index (χ3n) is 6.86. The van der Waals surface area contributed by atoms with E-state index in [1.807, 2.05) is 24.9 Å². The molecular formula is C22H26FN7O. The first-order valence-corrected chi connectivity index (χ1v) is 10.4. The first-order valence-electron chi connectivity index (χ1n) is 10.4. The highest BCUT2D eigenvalue weighted by atomic mass is 19.1. The quantitative estimate of drug-likeness (QED) is 0.667. The molecule has 0 spiro atoms. The van der Waals surface area contributed by atoms with E-state index in [9.17, 15) is 5.11 Å². The first kappa shape index (κ1) is 19.9. The maximum Gasteiger partial charge on any atom is 0.147 e. The third kappa shape index (κ3) is 3.33. The monoisotopic (exact) mass is 423 g/mol. The molecule has 2 fully saturated rings. The molecule has 3 aromatic rings. The Morgan fingerprint density at radius 2 is 1.94 bits per heavy atom. The highest BCUT2D eigenvalue weighted by molar-refractivity contribution is 5.68. The lowest BCUT2D eigenvalue weighted by atomic mass is 9.82. The average Bonchev–Trinajstić information content (AvgIpc) is 3.38. The number of alkyl halides is 1. The van der Waals surface area contributed by atoms with Gasteiger partial charge in [-0.15, -0.1) is 10.2 Å². The fourth-order valence-electron chi connectivity index (χ4n) is 5.08. The number of phenolic OH excluding ortho intramolecular Hbond substituents is 1. The molecule has 2 aliphatic heterocycles. The average molecular weight is 423 g/mol. The van der Waals surface area contributed by atoms with E-state index in [-0.39, 0.29) is 17.3 Å². The van der Waals surface area contributed by atoms with Gasteiger partial charge in [0.25, 0.3) is 0 Å². The standard InChI is InChI=1S/C22H26FN7O/c1-21-6-7-22(2,28-21)20(23)17(9-21)29(3)19-11-24-16(10-25-19)15-5-4-14(8-18(15)31)30-12-26-27-13-30/h4-5,8,10-13,17,20,28,31H,6-7,9H2,1-3H3/t17-,20-,21-,22+/m0/s1. The Bertz CT molecular complexity index is 1090. The van der Waals surface area contributed by atoms with E-state index in [0.717, 1.165) is 24.9 Å². The van der Waals surface area contributed by atoms with Gasteiger partial charge in [-0.05, 0) is 45.2 Å². The number of halogens is 1. The van der Waals surface area contributed by atoms with E-state index in [0.29, 0.717) is 17.1 Å². The number of anilines is 1. The third-order valence-corrected chi connectivity index (χ3v) is 6.86. The normalized spacial score (nSPS) is 29.8. The predicted molar refractivity (Wildman–Crippen MR) is 115 cm³/mol. The zero-order valence-corrected chi connectivity index (χ0v) is 17.8. The number of hydrogen-bond acceptors (Lipinski definition) is 7. The molecule has 2 N–H and O–H groups in total. The van der Waals surface area contributed by atoms with Crippen LogP contribution >= 0.6 is 0 Å². The Morgan fingerprint density at radius 3 is 2.61 bits per heavy atom. The second kappa shape index (κ2) is 6.98. The summed E-state index contributed by atoms with van der Waals surface area (Å²) in [5.74, 6) is 0.701. The number of phenols is 1. The number of nitrogens with one attached hydrogen (secondary N) is 1. The molecule has 8 nitrogen and oxygen atoms in total. The van der Waals surface area contributed by atoms with Crippen molar-refractivity contribution in [3.63, 3.8) is 0 Å². The van der Waals surface area contributed by atoms with Crippen LogP contribution in [0.25, 0.3) is 16.9 Å². The number of aromatic nitrogens is 5. The van der Waals surface area contributed by atoms with Crippen LogP contribution in [0.15, 0.2) is 43.2 Å². The van der Waals surface area contributed by atoms with Crippen LogP contribution in [0.3, 0.4) is 0 Å². The van der Waals surface area contributed by atoms with Crippen molar-refractivity contribution in [2.45, 2.75) is 56.4 Å². The minimum Gasteiger partial charge on any atom is -0.507 e. The molecule has 0 unspecified atom stereocenters. The van der Waals surface area contributed by atoms with Gasteiger partial charge in [-0.1, -0.05) is 0 Å². The Labute approximate surface area is 180 Å². The van der Waals surface area contributed by atoms with Crippen molar-refractivity contribution in [1.82, 2.24) is 30.0 Å². The largest absolute Gasteiger partial charge is 0.507 e. The number of aromatic hydroxyl groups is 1. The van der Waals surface area contributed by atoms with E-state index in [1.54, 1.807) is 41.7 Å². The molecular weight excluding hydrogens is 397 g/mol. The van der Waals surface area contributed by atoms with Gasteiger partial charge in [0.2, 0.25) is 0 Å². The molecule has 4 atom stereocenters. The second-order valence-corrected chi connectivity index (χ2v) is 9.22. The maximum absolute atomic E-state index is 15.4. The number of piperidine rings is 1. The Morgan fingerprint density at radius 1 is 1.16 bits per heavy atom. The van der Waals surface area contributed by atoms with Gasteiger partial charge in [0.15, 0.2) is 0 Å². The Hall–Kier alpha value is -3.07. The van der Waals surface area contributed by atoms with E-state index < -0.39 is 11.7 Å². The zero-order valence-electron chi connectivity index (χ0n) is 17.8. The summed E-state index contributed by atoms with van der Waals surface area (Å²) >= 11 is 0. The lowest BCUT2D eigenvalue weighted by molar-refractivity contribution is 0.0859. The van der Waals surface area contributed by atoms with Crippen LogP contribution < -0.4 is 10.2 Å². The summed E-state index contributed by atoms with van der Waals surface area (Å²) in [6.07, 6.45) is 7.91. The van der Waals surface area contributed by atoms with Crippen LogP contribution in [0.2, 0.25) is 0 Å². The highest BCUT2D eigenvalue weighted by Gasteiger charge is 2.56. The summed E-state index contributed by atoms with van der Waals surface area (Å²) in [4.78, 5) is 10.9. The maximum atomic E-state index is 15.4. The van der Waals surface area contributed by atoms with Crippen molar-refractivity contribution in [3.05, 3.63) is 43.2 Å². The predicted octanol–water partition coefficient (Wildman–Crippen LogP) is 2.88. The molecule has 9 heteroatoms. The number of benzene rings is 1. The highest BCUT2D eigenvalue weighted by Crippen LogP contribution is 2.45. The Balaban J connectivity index is 1.38. The van der Waals surface area contributed by atoms with Crippen molar-refractivity contribution in [3.8, 4) is 22.7 Å². The second-order valence-electron chi connectivity index (χ2n) is 9.22. The van der Waals surface area contributed by atoms with Crippen molar-refractivity contribution in [2.24, 2.45) is 0 Å². The summed E-state index contributed by atoms with van der Waals surface area (Å²) in [5, 5.41) is 21.5. The molecule has 1 aromatic carbocycles. The van der Waals surface area contributed by atoms with Crippen molar-refractivity contribution in [2.75, 3.05) is 11.9 Å². The van der Waals surface area contributed by atoms with Gasteiger partial charge in [0.1, 0.15) is 30.4 Å². The molecule has 0 amide bonds. The van der Waals surface area contributed by atoms with Gasteiger partial charge in [-0.2, -0.15) is 0 Å². The van der Waals surface area contributed by atoms with Crippen LogP contribution in [-0.4, -0.2) is 60.2 Å².